The van der Waals surface area contributed by atoms with E-state index in [-0.39, 0.29) is 12.4 Å². The van der Waals surface area contributed by atoms with E-state index in [1.165, 1.54) is 0 Å². The Morgan fingerprint density at radius 1 is 1.33 bits per heavy atom. The van der Waals surface area contributed by atoms with Crippen LogP contribution in [-0.4, -0.2) is 12.4 Å². The summed E-state index contributed by atoms with van der Waals surface area (Å²) in [6.45, 7) is 1.76. The number of ketones is 1. The van der Waals surface area contributed by atoms with Crippen molar-refractivity contribution in [2.24, 2.45) is 0 Å². The highest BCUT2D eigenvalue weighted by atomic mass is 79.9. The number of hydrogen-bond donors (Lipinski definition) is 0. The van der Waals surface area contributed by atoms with Crippen molar-refractivity contribution in [2.45, 2.75) is 6.92 Å². The van der Waals surface area contributed by atoms with Crippen molar-refractivity contribution in [1.82, 2.24) is 0 Å². The summed E-state index contributed by atoms with van der Waals surface area (Å²) < 4.78 is 6.39. The summed E-state index contributed by atoms with van der Waals surface area (Å²) in [6, 6.07) is 12.0. The number of rotatable bonds is 4. The number of nitrogens with zero attached hydrogens (tertiary/aromatic N) is 1. The van der Waals surface area contributed by atoms with E-state index in [1.807, 2.05) is 19.1 Å². The molecule has 21 heavy (non-hydrogen) atoms. The van der Waals surface area contributed by atoms with Crippen molar-refractivity contribution < 1.29 is 9.53 Å². The van der Waals surface area contributed by atoms with E-state index in [0.29, 0.717) is 21.9 Å². The van der Waals surface area contributed by atoms with E-state index in [2.05, 4.69) is 15.9 Å². The number of Topliss-reactive ketones (excluding diaryl/α,β-unsaturated/α-hetero) is 1. The fourth-order valence-corrected chi connectivity index (χ4v) is 2.85. The summed E-state index contributed by atoms with van der Waals surface area (Å²) >= 11 is 9.45. The summed E-state index contributed by atoms with van der Waals surface area (Å²) in [5.41, 5.74) is 1.86. The van der Waals surface area contributed by atoms with Crippen molar-refractivity contribution in [3.05, 3.63) is 62.6 Å². The van der Waals surface area contributed by atoms with Crippen LogP contribution in [0.3, 0.4) is 0 Å². The van der Waals surface area contributed by atoms with E-state index in [0.717, 1.165) is 10.0 Å². The molecule has 0 N–H and O–H groups in total. The van der Waals surface area contributed by atoms with E-state index >= 15 is 0 Å². The van der Waals surface area contributed by atoms with Crippen LogP contribution in [-0.2, 0) is 0 Å². The Kier molecular flexibility index (Phi) is 5.00. The SMILES string of the molecule is Cc1cc(Br)cc(Cl)c1OCC(=O)c1ccc(C#N)cc1. The monoisotopic (exact) mass is 363 g/mol. The lowest BCUT2D eigenvalue weighted by Gasteiger charge is -2.11. The van der Waals surface area contributed by atoms with E-state index in [1.54, 1.807) is 30.3 Å². The van der Waals surface area contributed by atoms with Crippen LogP contribution in [0.2, 0.25) is 5.02 Å². The van der Waals surface area contributed by atoms with Gasteiger partial charge in [-0.3, -0.25) is 4.79 Å². The predicted octanol–water partition coefficient (Wildman–Crippen LogP) is 4.54. The Morgan fingerprint density at radius 3 is 2.57 bits per heavy atom. The normalized spacial score (nSPS) is 10.0. The van der Waals surface area contributed by atoms with Gasteiger partial charge in [0.25, 0.3) is 0 Å². The second-order valence-electron chi connectivity index (χ2n) is 4.43. The molecule has 0 aliphatic heterocycles. The number of hydrogen-bond acceptors (Lipinski definition) is 3. The Labute approximate surface area is 136 Å². The van der Waals surface area contributed by atoms with Crippen LogP contribution in [0.4, 0.5) is 0 Å². The topological polar surface area (TPSA) is 50.1 Å². The van der Waals surface area contributed by atoms with E-state index in [9.17, 15) is 4.79 Å². The van der Waals surface area contributed by atoms with Crippen molar-refractivity contribution in [3.63, 3.8) is 0 Å². The highest BCUT2D eigenvalue weighted by Gasteiger charge is 2.11. The minimum atomic E-state index is -0.169. The van der Waals surface area contributed by atoms with Crippen molar-refractivity contribution >= 4 is 33.3 Å². The molecule has 0 unspecified atom stereocenters. The molecule has 0 atom stereocenters. The fraction of sp³-hybridized carbons (Fsp3) is 0.125. The van der Waals surface area contributed by atoms with Crippen molar-refractivity contribution in [1.29, 1.82) is 5.26 Å². The van der Waals surface area contributed by atoms with E-state index in [4.69, 9.17) is 21.6 Å². The van der Waals surface area contributed by atoms with Gasteiger partial charge >= 0.3 is 0 Å². The zero-order valence-electron chi connectivity index (χ0n) is 11.2. The standard InChI is InChI=1S/C16H11BrClNO2/c1-10-6-13(17)7-14(18)16(10)21-9-15(20)12-4-2-11(8-19)3-5-12/h2-7H,9H2,1H3. The van der Waals surface area contributed by atoms with Gasteiger partial charge in [0.2, 0.25) is 0 Å². The minimum absolute atomic E-state index is 0.103. The van der Waals surface area contributed by atoms with Gasteiger partial charge in [-0.15, -0.1) is 0 Å². The molecule has 2 rings (SSSR count). The molecule has 3 nitrogen and oxygen atoms in total. The number of nitriles is 1. The van der Waals surface area contributed by atoms with Crippen LogP contribution in [0.1, 0.15) is 21.5 Å². The van der Waals surface area contributed by atoms with Gasteiger partial charge in [0, 0.05) is 10.0 Å². The summed E-state index contributed by atoms with van der Waals surface area (Å²) in [7, 11) is 0. The highest BCUT2D eigenvalue weighted by molar-refractivity contribution is 9.10. The van der Waals surface area contributed by atoms with Crippen LogP contribution in [0.5, 0.6) is 5.75 Å². The first kappa shape index (κ1) is 15.6. The third-order valence-electron chi connectivity index (χ3n) is 2.88. The van der Waals surface area contributed by atoms with Crippen LogP contribution in [0.15, 0.2) is 40.9 Å². The van der Waals surface area contributed by atoms with Crippen LogP contribution >= 0.6 is 27.5 Å². The molecule has 0 aliphatic rings. The van der Waals surface area contributed by atoms with Crippen molar-refractivity contribution in [2.75, 3.05) is 6.61 Å². The number of ether oxygens (including phenoxy) is 1. The molecular weight excluding hydrogens is 354 g/mol. The third-order valence-corrected chi connectivity index (χ3v) is 3.62. The number of halogens is 2. The molecule has 0 saturated carbocycles. The van der Waals surface area contributed by atoms with Crippen LogP contribution in [0.25, 0.3) is 0 Å². The van der Waals surface area contributed by atoms with Crippen LogP contribution in [0, 0.1) is 18.3 Å². The Balaban J connectivity index is 2.09. The van der Waals surface area contributed by atoms with Gasteiger partial charge in [-0.2, -0.15) is 5.26 Å². The lowest BCUT2D eigenvalue weighted by Crippen LogP contribution is -2.12. The smallest absolute Gasteiger partial charge is 0.200 e. The Hall–Kier alpha value is -1.83. The molecule has 0 fully saturated rings. The molecule has 106 valence electrons. The van der Waals surface area contributed by atoms with Gasteiger partial charge in [-0.25, -0.2) is 0 Å². The highest BCUT2D eigenvalue weighted by Crippen LogP contribution is 2.32. The summed E-state index contributed by atoms with van der Waals surface area (Å²) in [5, 5.41) is 9.18. The second-order valence-corrected chi connectivity index (χ2v) is 5.76. The summed E-state index contributed by atoms with van der Waals surface area (Å²) in [4.78, 5) is 12.0. The first-order chi connectivity index (χ1) is 10.0. The number of aryl methyl sites for hydroxylation is 1. The number of carbonyl (C=O) groups is 1. The maximum atomic E-state index is 12.0. The molecule has 0 heterocycles. The zero-order chi connectivity index (χ0) is 15.4. The van der Waals surface area contributed by atoms with Gasteiger partial charge < -0.3 is 4.74 Å². The molecule has 0 aliphatic carbocycles. The first-order valence-electron chi connectivity index (χ1n) is 6.13. The summed E-state index contributed by atoms with van der Waals surface area (Å²) in [5.74, 6) is 0.333. The molecule has 2 aromatic rings. The molecule has 2 aromatic carbocycles. The van der Waals surface area contributed by atoms with E-state index < -0.39 is 0 Å². The van der Waals surface area contributed by atoms with Gasteiger partial charge in [0.1, 0.15) is 5.75 Å². The Bertz CT molecular complexity index is 697. The second kappa shape index (κ2) is 6.75. The summed E-state index contributed by atoms with van der Waals surface area (Å²) in [6.07, 6.45) is 0. The van der Waals surface area contributed by atoms with Crippen molar-refractivity contribution in [3.8, 4) is 11.8 Å². The number of benzene rings is 2. The fourth-order valence-electron chi connectivity index (χ4n) is 1.82. The molecule has 0 radical (unpaired) electrons. The molecular formula is C16H11BrClNO2. The third kappa shape index (κ3) is 3.84. The largest absolute Gasteiger partial charge is 0.484 e. The quantitative estimate of drug-likeness (QED) is 0.748. The molecule has 0 amide bonds. The van der Waals surface area contributed by atoms with Crippen LogP contribution < -0.4 is 4.74 Å². The van der Waals surface area contributed by atoms with Gasteiger partial charge in [-0.05, 0) is 48.9 Å². The zero-order valence-corrected chi connectivity index (χ0v) is 13.5. The lowest BCUT2D eigenvalue weighted by atomic mass is 10.1. The Morgan fingerprint density at radius 2 is 2.00 bits per heavy atom. The van der Waals surface area contributed by atoms with Gasteiger partial charge in [0.15, 0.2) is 12.4 Å². The van der Waals surface area contributed by atoms with Gasteiger partial charge in [-0.1, -0.05) is 27.5 Å². The maximum Gasteiger partial charge on any atom is 0.200 e. The first-order valence-corrected chi connectivity index (χ1v) is 7.30. The lowest BCUT2D eigenvalue weighted by molar-refractivity contribution is 0.0921. The average molecular weight is 365 g/mol. The maximum absolute atomic E-state index is 12.0. The molecule has 5 heteroatoms. The average Bonchev–Trinajstić information content (AvgIpc) is 2.46. The van der Waals surface area contributed by atoms with Gasteiger partial charge in [0.05, 0.1) is 16.7 Å². The molecule has 0 bridgehead atoms. The molecule has 0 saturated heterocycles. The molecule has 0 spiro atoms. The number of carbonyl (C=O) groups excluding carboxylic acids is 1. The molecule has 0 aromatic heterocycles. The minimum Gasteiger partial charge on any atom is -0.484 e. The predicted molar refractivity (Wildman–Crippen MR) is 84.9 cm³/mol.